The molecule has 12 heteroatoms. The predicted molar refractivity (Wildman–Crippen MR) is 150 cm³/mol. The summed E-state index contributed by atoms with van der Waals surface area (Å²) in [6.45, 7) is 8.20. The van der Waals surface area contributed by atoms with Crippen molar-refractivity contribution in [2.75, 3.05) is 99.1 Å². The Morgan fingerprint density at radius 2 is 0.927 bits per heavy atom. The van der Waals surface area contributed by atoms with E-state index in [0.717, 1.165) is 28.0 Å². The van der Waals surface area contributed by atoms with Gasteiger partial charge in [-0.3, -0.25) is 0 Å². The third-order valence-corrected chi connectivity index (χ3v) is 5.97. The van der Waals surface area contributed by atoms with Crippen molar-refractivity contribution >= 4 is 10.8 Å². The minimum Gasteiger partial charge on any atom is -0.491 e. The quantitative estimate of drug-likeness (QED) is 0.394. The van der Waals surface area contributed by atoms with Gasteiger partial charge in [-0.2, -0.15) is 0 Å². The Labute approximate surface area is 240 Å². The van der Waals surface area contributed by atoms with Crippen LogP contribution >= 0.6 is 0 Å². The molecule has 2 aromatic carbocycles. The lowest BCUT2D eigenvalue weighted by Gasteiger charge is -2.13. The molecule has 226 valence electrons. The molecule has 0 aliphatic carbocycles. The van der Waals surface area contributed by atoms with Crippen molar-refractivity contribution in [3.8, 4) is 11.5 Å². The van der Waals surface area contributed by atoms with Crippen molar-refractivity contribution in [1.82, 2.24) is 15.0 Å². The van der Waals surface area contributed by atoms with Gasteiger partial charge in [-0.1, -0.05) is 29.5 Å². The second-order valence-electron chi connectivity index (χ2n) is 9.00. The molecule has 0 saturated carbocycles. The van der Waals surface area contributed by atoms with Gasteiger partial charge in [0.1, 0.15) is 30.4 Å². The standard InChI is InChI=1S/C29H41N3O9/c1-4-27-26-3-2-6-29(27)41-22-20-38-16-14-35-11-12-36-17-18-39-24-25-23-32(31-30-25)7-8-33-9-10-34-13-15-37-19-21-40-28(26)5-1/h1-6,23H,7-22,24H2. The van der Waals surface area contributed by atoms with E-state index in [-0.39, 0.29) is 0 Å². The van der Waals surface area contributed by atoms with Gasteiger partial charge in [0.25, 0.3) is 0 Å². The van der Waals surface area contributed by atoms with Gasteiger partial charge < -0.3 is 42.6 Å². The van der Waals surface area contributed by atoms with Gasteiger partial charge in [0.2, 0.25) is 0 Å². The van der Waals surface area contributed by atoms with Gasteiger partial charge in [-0.05, 0) is 12.1 Å². The van der Waals surface area contributed by atoms with Crippen LogP contribution in [0.25, 0.3) is 10.8 Å². The summed E-state index contributed by atoms with van der Waals surface area (Å²) in [5.41, 5.74) is 0.763. The van der Waals surface area contributed by atoms with Crippen molar-refractivity contribution in [2.45, 2.75) is 13.2 Å². The van der Waals surface area contributed by atoms with Gasteiger partial charge in [-0.15, -0.1) is 5.10 Å². The van der Waals surface area contributed by atoms with Crippen LogP contribution in [0.2, 0.25) is 0 Å². The molecular formula is C29H41N3O9. The van der Waals surface area contributed by atoms with E-state index in [0.29, 0.717) is 112 Å². The van der Waals surface area contributed by atoms with Crippen LogP contribution in [0.5, 0.6) is 11.5 Å². The summed E-state index contributed by atoms with van der Waals surface area (Å²) in [5, 5.41) is 10.2. The van der Waals surface area contributed by atoms with E-state index in [1.165, 1.54) is 0 Å². The Morgan fingerprint density at radius 1 is 0.488 bits per heavy atom. The average molecular weight is 576 g/mol. The minimum atomic E-state index is 0.380. The normalized spacial score (nSPS) is 19.2. The van der Waals surface area contributed by atoms with Crippen LogP contribution < -0.4 is 9.47 Å². The average Bonchev–Trinajstić information content (AvgIpc) is 3.45. The van der Waals surface area contributed by atoms with E-state index < -0.39 is 0 Å². The molecule has 1 aliphatic heterocycles. The lowest BCUT2D eigenvalue weighted by atomic mass is 10.1. The molecular weight excluding hydrogens is 534 g/mol. The summed E-state index contributed by atoms with van der Waals surface area (Å²) in [7, 11) is 0. The molecule has 0 amide bonds. The molecule has 0 fully saturated rings. The number of fused-ring (bicyclic) bond motifs is 2. The molecule has 4 rings (SSSR count). The van der Waals surface area contributed by atoms with Crippen LogP contribution in [0.4, 0.5) is 0 Å². The molecule has 6 bridgehead atoms. The monoisotopic (exact) mass is 575 g/mol. The summed E-state index contributed by atoms with van der Waals surface area (Å²) < 4.78 is 52.9. The Kier molecular flexibility index (Phi) is 14.7. The van der Waals surface area contributed by atoms with Crippen LogP contribution in [0, 0.1) is 0 Å². The largest absolute Gasteiger partial charge is 0.491 e. The molecule has 41 heavy (non-hydrogen) atoms. The van der Waals surface area contributed by atoms with Gasteiger partial charge in [0.05, 0.1) is 105 Å². The summed E-state index contributed by atoms with van der Waals surface area (Å²) in [5.74, 6) is 1.58. The number of hydrogen-bond acceptors (Lipinski definition) is 11. The molecule has 0 spiro atoms. The zero-order chi connectivity index (χ0) is 28.2. The number of rotatable bonds is 0. The fourth-order valence-electron chi connectivity index (χ4n) is 3.98. The minimum absolute atomic E-state index is 0.380. The van der Waals surface area contributed by atoms with Gasteiger partial charge in [-0.25, -0.2) is 4.68 Å². The molecule has 12 nitrogen and oxygen atoms in total. The number of benzene rings is 2. The molecule has 3 aromatic rings. The van der Waals surface area contributed by atoms with Crippen molar-refractivity contribution in [3.63, 3.8) is 0 Å². The third kappa shape index (κ3) is 11.9. The molecule has 0 atom stereocenters. The highest BCUT2D eigenvalue weighted by molar-refractivity contribution is 5.93. The van der Waals surface area contributed by atoms with Crippen molar-refractivity contribution < 1.29 is 42.6 Å². The molecule has 1 aromatic heterocycles. The van der Waals surface area contributed by atoms with E-state index in [4.69, 9.17) is 42.6 Å². The highest BCUT2D eigenvalue weighted by Crippen LogP contribution is 2.32. The number of ether oxygens (including phenoxy) is 9. The smallest absolute Gasteiger partial charge is 0.127 e. The fourth-order valence-corrected chi connectivity index (χ4v) is 3.98. The number of nitrogens with zero attached hydrogens (tertiary/aromatic N) is 3. The van der Waals surface area contributed by atoms with Crippen LogP contribution in [-0.4, -0.2) is 114 Å². The zero-order valence-corrected chi connectivity index (χ0v) is 23.6. The SMILES string of the molecule is c1cc2c3cccc(c3c1)OCCOCCOCCOCCOCc1cn(nn1)CCOCCOCCOCCO2. The summed E-state index contributed by atoms with van der Waals surface area (Å²) >= 11 is 0. The van der Waals surface area contributed by atoms with Gasteiger partial charge in [0.15, 0.2) is 0 Å². The third-order valence-electron chi connectivity index (χ3n) is 5.97. The van der Waals surface area contributed by atoms with Gasteiger partial charge in [0, 0.05) is 10.8 Å². The molecule has 0 saturated heterocycles. The van der Waals surface area contributed by atoms with E-state index in [2.05, 4.69) is 10.3 Å². The Bertz CT molecular complexity index is 1110. The maximum absolute atomic E-state index is 5.99. The number of hydrogen-bond donors (Lipinski definition) is 0. The summed E-state index contributed by atoms with van der Waals surface area (Å²) in [4.78, 5) is 0. The van der Waals surface area contributed by atoms with Gasteiger partial charge >= 0.3 is 0 Å². The fraction of sp³-hybridized carbons (Fsp3) is 0.586. The maximum Gasteiger partial charge on any atom is 0.127 e. The first-order chi connectivity index (χ1) is 20.4. The molecule has 0 unspecified atom stereocenters. The van der Waals surface area contributed by atoms with Crippen LogP contribution in [-0.2, 0) is 46.3 Å². The first-order valence-corrected chi connectivity index (χ1v) is 14.1. The van der Waals surface area contributed by atoms with Crippen LogP contribution in [0.3, 0.4) is 0 Å². The van der Waals surface area contributed by atoms with E-state index in [1.54, 1.807) is 4.68 Å². The molecule has 0 N–H and O–H groups in total. The highest BCUT2D eigenvalue weighted by atomic mass is 16.6. The first-order valence-electron chi connectivity index (χ1n) is 14.1. The topological polar surface area (TPSA) is 114 Å². The maximum atomic E-state index is 5.99. The molecule has 2 heterocycles. The lowest BCUT2D eigenvalue weighted by molar-refractivity contribution is -0.00685. The second-order valence-corrected chi connectivity index (χ2v) is 9.00. The van der Waals surface area contributed by atoms with Crippen molar-refractivity contribution in [3.05, 3.63) is 48.3 Å². The Hall–Kier alpha value is -2.84. The highest BCUT2D eigenvalue weighted by Gasteiger charge is 2.07. The molecule has 1 aliphatic rings. The van der Waals surface area contributed by atoms with E-state index in [9.17, 15) is 0 Å². The van der Waals surface area contributed by atoms with E-state index in [1.807, 2.05) is 42.6 Å². The molecule has 0 radical (unpaired) electrons. The van der Waals surface area contributed by atoms with Crippen LogP contribution in [0.1, 0.15) is 5.69 Å². The Balaban J connectivity index is 1.19. The Morgan fingerprint density at radius 3 is 1.44 bits per heavy atom. The second kappa shape index (κ2) is 19.3. The summed E-state index contributed by atoms with van der Waals surface area (Å²) in [6.07, 6.45) is 1.85. The lowest BCUT2D eigenvalue weighted by Crippen LogP contribution is -2.14. The zero-order valence-electron chi connectivity index (χ0n) is 23.6. The number of aromatic nitrogens is 3. The predicted octanol–water partition coefficient (Wildman–Crippen LogP) is 2.52. The summed E-state index contributed by atoms with van der Waals surface area (Å²) in [6, 6.07) is 11.9. The van der Waals surface area contributed by atoms with Crippen molar-refractivity contribution in [2.24, 2.45) is 0 Å². The van der Waals surface area contributed by atoms with Crippen molar-refractivity contribution in [1.29, 1.82) is 0 Å². The van der Waals surface area contributed by atoms with Crippen LogP contribution in [0.15, 0.2) is 42.6 Å². The van der Waals surface area contributed by atoms with E-state index >= 15 is 0 Å². The first kappa shape index (κ1) is 31.1.